The summed E-state index contributed by atoms with van der Waals surface area (Å²) in [7, 11) is -1.93. The van der Waals surface area contributed by atoms with Crippen LogP contribution in [0.25, 0.3) is 0 Å². The van der Waals surface area contributed by atoms with Gasteiger partial charge in [0.1, 0.15) is 0 Å². The summed E-state index contributed by atoms with van der Waals surface area (Å²) < 4.78 is 25.5. The number of sulfonamides is 1. The minimum absolute atomic E-state index is 0.0865. The molecule has 0 saturated carbocycles. The number of nitrogens with zero attached hydrogens (tertiary/aromatic N) is 1. The van der Waals surface area contributed by atoms with E-state index in [-0.39, 0.29) is 17.7 Å². The number of urea groups is 1. The lowest BCUT2D eigenvalue weighted by atomic mass is 10.1. The number of hydrogen-bond acceptors (Lipinski definition) is 4. The van der Waals surface area contributed by atoms with Crippen LogP contribution in [0, 0.1) is 6.92 Å². The van der Waals surface area contributed by atoms with Gasteiger partial charge in [-0.1, -0.05) is 24.3 Å². The molecule has 2 aromatic rings. The normalized spacial score (nSPS) is 14.0. The first kappa shape index (κ1) is 20.8. The van der Waals surface area contributed by atoms with E-state index in [1.54, 1.807) is 47.4 Å². The predicted molar refractivity (Wildman–Crippen MR) is 111 cm³/mol. The Kier molecular flexibility index (Phi) is 6.19. The molecule has 1 fully saturated rings. The standard InChI is InChI=1S/C20H24N4O4S/c1-14-11-17(7-8-18(14)24-10-9-22-20(24)26)19(25)23-12-15-3-5-16(6-4-15)13-29(27,28)21-2/h3-8,11,21H,9-10,12-13H2,1-2H3,(H,22,26)(H,23,25). The molecule has 9 heteroatoms. The Morgan fingerprint density at radius 1 is 1.14 bits per heavy atom. The Morgan fingerprint density at radius 3 is 2.41 bits per heavy atom. The van der Waals surface area contributed by atoms with Gasteiger partial charge in [0, 0.05) is 30.9 Å². The molecule has 0 radical (unpaired) electrons. The predicted octanol–water partition coefficient (Wildman–Crippen LogP) is 1.50. The largest absolute Gasteiger partial charge is 0.348 e. The van der Waals surface area contributed by atoms with Crippen molar-refractivity contribution in [2.75, 3.05) is 25.0 Å². The van der Waals surface area contributed by atoms with E-state index >= 15 is 0 Å². The second-order valence-corrected chi connectivity index (χ2v) is 8.77. The summed E-state index contributed by atoms with van der Waals surface area (Å²) in [6.07, 6.45) is 0. The lowest BCUT2D eigenvalue weighted by Gasteiger charge is -2.17. The SMILES string of the molecule is CNS(=O)(=O)Cc1ccc(CNC(=O)c2ccc(N3CCNC3=O)c(C)c2)cc1. The third-order valence-corrected chi connectivity index (χ3v) is 6.09. The van der Waals surface area contributed by atoms with E-state index < -0.39 is 10.0 Å². The number of nitrogens with one attached hydrogen (secondary N) is 3. The number of carbonyl (C=O) groups is 2. The van der Waals surface area contributed by atoms with Gasteiger partial charge in [-0.2, -0.15) is 0 Å². The molecule has 3 N–H and O–H groups in total. The molecule has 3 amide bonds. The first-order valence-corrected chi connectivity index (χ1v) is 10.9. The van der Waals surface area contributed by atoms with Crippen molar-refractivity contribution in [3.8, 4) is 0 Å². The zero-order chi connectivity index (χ0) is 21.0. The third kappa shape index (κ3) is 5.12. The van der Waals surface area contributed by atoms with Gasteiger partial charge in [0.05, 0.1) is 5.75 Å². The molecule has 0 atom stereocenters. The van der Waals surface area contributed by atoms with Crippen molar-refractivity contribution < 1.29 is 18.0 Å². The Morgan fingerprint density at radius 2 is 1.83 bits per heavy atom. The van der Waals surface area contributed by atoms with E-state index in [4.69, 9.17) is 0 Å². The first-order valence-electron chi connectivity index (χ1n) is 9.22. The molecular weight excluding hydrogens is 392 g/mol. The summed E-state index contributed by atoms with van der Waals surface area (Å²) in [5, 5.41) is 5.62. The van der Waals surface area contributed by atoms with Crippen LogP contribution in [0.3, 0.4) is 0 Å². The van der Waals surface area contributed by atoms with Crippen LogP contribution in [0.4, 0.5) is 10.5 Å². The Labute approximate surface area is 170 Å². The third-order valence-electron chi connectivity index (χ3n) is 4.75. The van der Waals surface area contributed by atoms with Crippen molar-refractivity contribution >= 4 is 27.6 Å². The summed E-state index contributed by atoms with van der Waals surface area (Å²) in [5.41, 5.74) is 3.70. The molecule has 154 valence electrons. The van der Waals surface area contributed by atoms with Gasteiger partial charge in [0.15, 0.2) is 0 Å². The van der Waals surface area contributed by atoms with E-state index in [1.807, 2.05) is 6.92 Å². The van der Waals surface area contributed by atoms with Crippen LogP contribution in [0.1, 0.15) is 27.0 Å². The van der Waals surface area contributed by atoms with Crippen LogP contribution in [-0.2, 0) is 22.3 Å². The van der Waals surface area contributed by atoms with Gasteiger partial charge in [0.25, 0.3) is 5.91 Å². The van der Waals surface area contributed by atoms with Gasteiger partial charge < -0.3 is 10.6 Å². The molecule has 8 nitrogen and oxygen atoms in total. The number of rotatable bonds is 7. The second-order valence-electron chi connectivity index (χ2n) is 6.85. The highest BCUT2D eigenvalue weighted by Crippen LogP contribution is 2.23. The van der Waals surface area contributed by atoms with Crippen molar-refractivity contribution in [1.29, 1.82) is 0 Å². The van der Waals surface area contributed by atoms with Gasteiger partial charge in [-0.25, -0.2) is 17.9 Å². The number of amides is 3. The summed E-state index contributed by atoms with van der Waals surface area (Å²) in [4.78, 5) is 26.0. The fraction of sp³-hybridized carbons (Fsp3) is 0.300. The van der Waals surface area contributed by atoms with Crippen molar-refractivity contribution in [2.24, 2.45) is 0 Å². The highest BCUT2D eigenvalue weighted by Gasteiger charge is 2.23. The number of hydrogen-bond donors (Lipinski definition) is 3. The molecule has 29 heavy (non-hydrogen) atoms. The monoisotopic (exact) mass is 416 g/mol. The molecule has 0 bridgehead atoms. The summed E-state index contributed by atoms with van der Waals surface area (Å²) >= 11 is 0. The molecule has 2 aromatic carbocycles. The summed E-state index contributed by atoms with van der Waals surface area (Å²) in [6.45, 7) is 3.42. The van der Waals surface area contributed by atoms with Crippen molar-refractivity contribution in [2.45, 2.75) is 19.2 Å². The average Bonchev–Trinajstić information content (AvgIpc) is 3.12. The topological polar surface area (TPSA) is 108 Å². The zero-order valence-corrected chi connectivity index (χ0v) is 17.2. The van der Waals surface area contributed by atoms with Crippen LogP contribution in [-0.4, -0.2) is 40.5 Å². The summed E-state index contributed by atoms with van der Waals surface area (Å²) in [5.74, 6) is -0.302. The fourth-order valence-electron chi connectivity index (χ4n) is 3.13. The fourth-order valence-corrected chi connectivity index (χ4v) is 3.91. The number of benzene rings is 2. The molecule has 1 heterocycles. The maximum atomic E-state index is 12.5. The van der Waals surface area contributed by atoms with Crippen LogP contribution < -0.4 is 20.3 Å². The van der Waals surface area contributed by atoms with E-state index in [9.17, 15) is 18.0 Å². The zero-order valence-electron chi connectivity index (χ0n) is 16.4. The number of aryl methyl sites for hydroxylation is 1. The smallest absolute Gasteiger partial charge is 0.322 e. The van der Waals surface area contributed by atoms with E-state index in [0.29, 0.717) is 30.8 Å². The molecule has 1 saturated heterocycles. The maximum absolute atomic E-state index is 12.5. The lowest BCUT2D eigenvalue weighted by molar-refractivity contribution is 0.0951. The van der Waals surface area contributed by atoms with Gasteiger partial charge >= 0.3 is 6.03 Å². The Balaban J connectivity index is 1.60. The molecule has 1 aliphatic rings. The van der Waals surface area contributed by atoms with Gasteiger partial charge in [0.2, 0.25) is 10.0 Å². The van der Waals surface area contributed by atoms with Crippen LogP contribution in [0.15, 0.2) is 42.5 Å². The first-order chi connectivity index (χ1) is 13.8. The highest BCUT2D eigenvalue weighted by atomic mass is 32.2. The van der Waals surface area contributed by atoms with Crippen molar-refractivity contribution in [3.05, 3.63) is 64.7 Å². The van der Waals surface area contributed by atoms with E-state index in [0.717, 1.165) is 16.8 Å². The molecule has 3 rings (SSSR count). The summed E-state index contributed by atoms with van der Waals surface area (Å²) in [6, 6.07) is 12.2. The van der Waals surface area contributed by atoms with Gasteiger partial charge in [-0.05, 0) is 48.9 Å². The molecule has 1 aliphatic heterocycles. The number of anilines is 1. The van der Waals surface area contributed by atoms with Crippen LogP contribution in [0.2, 0.25) is 0 Å². The van der Waals surface area contributed by atoms with Gasteiger partial charge in [-0.15, -0.1) is 0 Å². The van der Waals surface area contributed by atoms with Crippen molar-refractivity contribution in [1.82, 2.24) is 15.4 Å². The maximum Gasteiger partial charge on any atom is 0.322 e. The quantitative estimate of drug-likeness (QED) is 0.636. The Bertz CT molecular complexity index is 1020. The minimum atomic E-state index is -3.31. The highest BCUT2D eigenvalue weighted by molar-refractivity contribution is 7.88. The lowest BCUT2D eigenvalue weighted by Crippen LogP contribution is -2.28. The molecule has 0 aromatic heterocycles. The Hall–Kier alpha value is -2.91. The molecule has 0 aliphatic carbocycles. The minimum Gasteiger partial charge on any atom is -0.348 e. The molecule has 0 spiro atoms. The average molecular weight is 417 g/mol. The van der Waals surface area contributed by atoms with E-state index in [1.165, 1.54) is 7.05 Å². The van der Waals surface area contributed by atoms with Crippen LogP contribution >= 0.6 is 0 Å². The number of carbonyl (C=O) groups excluding carboxylic acids is 2. The molecule has 0 unspecified atom stereocenters. The molecular formula is C20H24N4O4S. The van der Waals surface area contributed by atoms with Crippen LogP contribution in [0.5, 0.6) is 0 Å². The van der Waals surface area contributed by atoms with E-state index in [2.05, 4.69) is 15.4 Å². The second kappa shape index (κ2) is 8.62. The van der Waals surface area contributed by atoms with Crippen molar-refractivity contribution in [3.63, 3.8) is 0 Å². The van der Waals surface area contributed by atoms with Gasteiger partial charge in [-0.3, -0.25) is 9.69 Å².